The molecule has 0 aliphatic carbocycles. The third-order valence-corrected chi connectivity index (χ3v) is 4.14. The van der Waals surface area contributed by atoms with E-state index in [-0.39, 0.29) is 24.2 Å². The number of hydrogen-bond donors (Lipinski definition) is 3. The summed E-state index contributed by atoms with van der Waals surface area (Å²) in [4.78, 5) is 35.5. The monoisotopic (exact) mass is 441 g/mol. The average Bonchev–Trinajstić information content (AvgIpc) is 2.59. The Labute approximate surface area is 161 Å². The van der Waals surface area contributed by atoms with Crippen molar-refractivity contribution in [3.63, 3.8) is 0 Å². The van der Waals surface area contributed by atoms with Crippen molar-refractivity contribution < 1.29 is 24.2 Å². The molecule has 2 aromatic rings. The number of rotatable bonds is 7. The fraction of sp³-hybridized carbons (Fsp3) is 0.294. The molecule has 27 heavy (non-hydrogen) atoms. The minimum absolute atomic E-state index is 0.0927. The van der Waals surface area contributed by atoms with Gasteiger partial charge >= 0.3 is 5.97 Å². The molecule has 0 aliphatic heterocycles. The minimum atomic E-state index is -1.30. The lowest BCUT2D eigenvalue weighted by Crippen LogP contribution is -2.37. The molecule has 1 aromatic carbocycles. The van der Waals surface area contributed by atoms with Crippen molar-refractivity contribution in [2.75, 3.05) is 6.54 Å². The van der Waals surface area contributed by atoms with Gasteiger partial charge in [-0.15, -0.1) is 0 Å². The summed E-state index contributed by atoms with van der Waals surface area (Å²) in [5.74, 6) is -3.51. The minimum Gasteiger partial charge on any atom is -0.505 e. The number of benzene rings is 1. The van der Waals surface area contributed by atoms with Gasteiger partial charge in [-0.1, -0.05) is 35.3 Å². The second kappa shape index (κ2) is 8.76. The number of halogens is 2. The van der Waals surface area contributed by atoms with Gasteiger partial charge in [0.2, 0.25) is 0 Å². The molecular weight excluding hydrogens is 425 g/mol. The third kappa shape index (κ3) is 4.91. The van der Waals surface area contributed by atoms with Gasteiger partial charge in [0.25, 0.3) is 11.5 Å². The van der Waals surface area contributed by atoms with Crippen molar-refractivity contribution in [2.24, 2.45) is 0 Å². The largest absolute Gasteiger partial charge is 0.505 e. The van der Waals surface area contributed by atoms with Crippen molar-refractivity contribution >= 4 is 27.8 Å². The Morgan fingerprint density at radius 1 is 1.37 bits per heavy atom. The van der Waals surface area contributed by atoms with Crippen LogP contribution in [0.1, 0.15) is 35.0 Å². The zero-order valence-electron chi connectivity index (χ0n) is 14.3. The van der Waals surface area contributed by atoms with Gasteiger partial charge in [-0.3, -0.25) is 14.4 Å². The Morgan fingerprint density at radius 3 is 2.67 bits per heavy atom. The summed E-state index contributed by atoms with van der Waals surface area (Å²) in [5.41, 5.74) is -1.31. The summed E-state index contributed by atoms with van der Waals surface area (Å²) in [6.45, 7) is 0.841. The molecular formula is C17H17BrFN3O5. The van der Waals surface area contributed by atoms with Crippen molar-refractivity contribution in [2.45, 2.75) is 26.3 Å². The standard InChI is InChI=1S/C17H17BrFN3O5/c1-2-3-12-15(25)14(16(26)20-7-13(23)24)17(27)22(21-12)8-9-4-5-10(18)6-11(9)19/h4-6,25H,2-3,7-8H2,1H3,(H,20,26)(H,23,24). The van der Waals surface area contributed by atoms with E-state index in [1.54, 1.807) is 6.07 Å². The summed E-state index contributed by atoms with van der Waals surface area (Å²) in [6.07, 6.45) is 0.843. The Bertz CT molecular complexity index is 945. The van der Waals surface area contributed by atoms with Gasteiger partial charge in [-0.2, -0.15) is 5.10 Å². The second-order valence-corrected chi connectivity index (χ2v) is 6.61. The van der Waals surface area contributed by atoms with Crippen LogP contribution in [0, 0.1) is 5.82 Å². The number of nitrogens with zero attached hydrogens (tertiary/aromatic N) is 2. The van der Waals surface area contributed by atoms with Crippen LogP contribution < -0.4 is 10.9 Å². The van der Waals surface area contributed by atoms with Gasteiger partial charge in [-0.05, 0) is 18.6 Å². The van der Waals surface area contributed by atoms with Crippen molar-refractivity contribution in [3.8, 4) is 5.75 Å². The maximum absolute atomic E-state index is 14.1. The van der Waals surface area contributed by atoms with Crippen LogP contribution in [0.5, 0.6) is 5.75 Å². The fourth-order valence-electron chi connectivity index (χ4n) is 2.39. The molecule has 0 unspecified atom stereocenters. The molecule has 3 N–H and O–H groups in total. The average molecular weight is 442 g/mol. The number of carboxylic acids is 1. The quantitative estimate of drug-likeness (QED) is 0.600. The number of amides is 1. The van der Waals surface area contributed by atoms with Crippen LogP contribution in [-0.4, -0.2) is 38.4 Å². The molecule has 0 radical (unpaired) electrons. The van der Waals surface area contributed by atoms with E-state index in [0.29, 0.717) is 10.9 Å². The molecule has 1 amide bonds. The first-order chi connectivity index (χ1) is 12.7. The molecule has 0 bridgehead atoms. The number of aliphatic carboxylic acids is 1. The second-order valence-electron chi connectivity index (χ2n) is 5.70. The van der Waals surface area contributed by atoms with Crippen LogP contribution in [0.2, 0.25) is 0 Å². The van der Waals surface area contributed by atoms with Crippen LogP contribution in [0.3, 0.4) is 0 Å². The SMILES string of the molecule is CCCc1nn(Cc2ccc(Br)cc2F)c(=O)c(C(=O)NCC(=O)O)c1O. The molecule has 0 aliphatic rings. The third-order valence-electron chi connectivity index (χ3n) is 3.65. The maximum Gasteiger partial charge on any atom is 0.322 e. The van der Waals surface area contributed by atoms with Crippen LogP contribution in [0.25, 0.3) is 0 Å². The number of aryl methyl sites for hydroxylation is 1. The number of hydrogen-bond acceptors (Lipinski definition) is 5. The number of nitrogens with one attached hydrogen (secondary N) is 1. The van der Waals surface area contributed by atoms with Gasteiger partial charge in [0.15, 0.2) is 5.75 Å². The molecule has 0 spiro atoms. The van der Waals surface area contributed by atoms with Crippen molar-refractivity contribution in [1.29, 1.82) is 0 Å². The molecule has 1 heterocycles. The Balaban J connectivity index is 2.52. The topological polar surface area (TPSA) is 122 Å². The van der Waals surface area contributed by atoms with E-state index >= 15 is 0 Å². The smallest absolute Gasteiger partial charge is 0.322 e. The summed E-state index contributed by atoms with van der Waals surface area (Å²) in [6, 6.07) is 4.29. The lowest BCUT2D eigenvalue weighted by Gasteiger charge is -2.13. The molecule has 0 saturated heterocycles. The Hall–Kier alpha value is -2.75. The number of aromatic nitrogens is 2. The zero-order chi connectivity index (χ0) is 20.1. The predicted octanol–water partition coefficient (Wildman–Crippen LogP) is 1.67. The molecule has 1 aromatic heterocycles. The summed E-state index contributed by atoms with van der Waals surface area (Å²) >= 11 is 3.14. The van der Waals surface area contributed by atoms with Gasteiger partial charge in [-0.25, -0.2) is 9.07 Å². The fourth-order valence-corrected chi connectivity index (χ4v) is 2.72. The maximum atomic E-state index is 14.1. The first-order valence-electron chi connectivity index (χ1n) is 8.01. The van der Waals surface area contributed by atoms with E-state index in [2.05, 4.69) is 21.0 Å². The number of carbonyl (C=O) groups excluding carboxylic acids is 1. The van der Waals surface area contributed by atoms with E-state index < -0.39 is 41.1 Å². The molecule has 2 rings (SSSR count). The van der Waals surface area contributed by atoms with Gasteiger partial charge < -0.3 is 15.5 Å². The molecule has 0 fully saturated rings. The molecule has 10 heteroatoms. The number of aromatic hydroxyl groups is 1. The zero-order valence-corrected chi connectivity index (χ0v) is 15.9. The lowest BCUT2D eigenvalue weighted by molar-refractivity contribution is -0.135. The molecule has 8 nitrogen and oxygen atoms in total. The highest BCUT2D eigenvalue weighted by Crippen LogP contribution is 2.20. The van der Waals surface area contributed by atoms with Crippen LogP contribution in [0.15, 0.2) is 27.5 Å². The van der Waals surface area contributed by atoms with E-state index in [4.69, 9.17) is 5.11 Å². The van der Waals surface area contributed by atoms with Gasteiger partial charge in [0.1, 0.15) is 23.6 Å². The van der Waals surface area contributed by atoms with Gasteiger partial charge in [0.05, 0.1) is 6.54 Å². The normalized spacial score (nSPS) is 10.6. The van der Waals surface area contributed by atoms with Crippen molar-refractivity contribution in [1.82, 2.24) is 15.1 Å². The molecule has 0 saturated carbocycles. The van der Waals surface area contributed by atoms with Gasteiger partial charge in [0, 0.05) is 10.0 Å². The first kappa shape index (κ1) is 20.6. The first-order valence-corrected chi connectivity index (χ1v) is 8.80. The van der Waals surface area contributed by atoms with E-state index in [1.165, 1.54) is 12.1 Å². The number of carbonyl (C=O) groups is 2. The molecule has 144 valence electrons. The Morgan fingerprint density at radius 2 is 2.07 bits per heavy atom. The number of carboxylic acid groups (broad SMARTS) is 1. The highest BCUT2D eigenvalue weighted by atomic mass is 79.9. The Kier molecular flexibility index (Phi) is 6.67. The predicted molar refractivity (Wildman–Crippen MR) is 97.3 cm³/mol. The highest BCUT2D eigenvalue weighted by molar-refractivity contribution is 9.10. The summed E-state index contributed by atoms with van der Waals surface area (Å²) in [5, 5.41) is 25.0. The summed E-state index contributed by atoms with van der Waals surface area (Å²) < 4.78 is 15.5. The van der Waals surface area contributed by atoms with Crippen LogP contribution >= 0.6 is 15.9 Å². The highest BCUT2D eigenvalue weighted by Gasteiger charge is 2.23. The molecule has 0 atom stereocenters. The van der Waals surface area contributed by atoms with E-state index in [0.717, 1.165) is 4.68 Å². The lowest BCUT2D eigenvalue weighted by atomic mass is 10.1. The van der Waals surface area contributed by atoms with E-state index in [9.17, 15) is 23.9 Å². The van der Waals surface area contributed by atoms with E-state index in [1.807, 2.05) is 12.2 Å². The van der Waals surface area contributed by atoms with Crippen LogP contribution in [-0.2, 0) is 17.8 Å². The van der Waals surface area contributed by atoms with Crippen molar-refractivity contribution in [3.05, 3.63) is 55.7 Å². The summed E-state index contributed by atoms with van der Waals surface area (Å²) in [7, 11) is 0. The van der Waals surface area contributed by atoms with Crippen LogP contribution in [0.4, 0.5) is 4.39 Å².